The minimum atomic E-state index is 0.935. The van der Waals surface area contributed by atoms with E-state index in [1.165, 1.54) is 58.3 Å². The van der Waals surface area contributed by atoms with E-state index in [0.717, 1.165) is 23.8 Å². The molecule has 92 valence electrons. The van der Waals surface area contributed by atoms with Crippen LogP contribution in [0.3, 0.4) is 0 Å². The van der Waals surface area contributed by atoms with Gasteiger partial charge in [0, 0.05) is 19.1 Å². The van der Waals surface area contributed by atoms with Gasteiger partial charge in [0.25, 0.3) is 0 Å². The maximum atomic E-state index is 3.55. The van der Waals surface area contributed by atoms with Crippen LogP contribution in [0.1, 0.15) is 39.0 Å². The van der Waals surface area contributed by atoms with Gasteiger partial charge in [-0.2, -0.15) is 0 Å². The Hall–Kier alpha value is -0.0800. The molecule has 0 aromatic heterocycles. The molecule has 3 aliphatic rings. The maximum absolute atomic E-state index is 3.55. The number of hydrogen-bond donors (Lipinski definition) is 1. The van der Waals surface area contributed by atoms with E-state index in [9.17, 15) is 0 Å². The molecule has 1 aliphatic carbocycles. The van der Waals surface area contributed by atoms with E-state index in [0.29, 0.717) is 0 Å². The Kier molecular flexibility index (Phi) is 3.21. The third-order valence-corrected chi connectivity index (χ3v) is 5.28. The molecule has 2 heteroatoms. The van der Waals surface area contributed by atoms with Crippen molar-refractivity contribution in [3.8, 4) is 0 Å². The van der Waals surface area contributed by atoms with Gasteiger partial charge in [0.1, 0.15) is 0 Å². The summed E-state index contributed by atoms with van der Waals surface area (Å²) in [7, 11) is 0. The van der Waals surface area contributed by atoms with E-state index in [-0.39, 0.29) is 0 Å². The summed E-state index contributed by atoms with van der Waals surface area (Å²) in [5, 5.41) is 3.55. The Balaban J connectivity index is 1.64. The first-order valence-electron chi connectivity index (χ1n) is 7.33. The number of nitrogens with one attached hydrogen (secondary N) is 1. The van der Waals surface area contributed by atoms with Crippen molar-refractivity contribution in [3.63, 3.8) is 0 Å². The highest BCUT2D eigenvalue weighted by atomic mass is 15.2. The lowest BCUT2D eigenvalue weighted by Crippen LogP contribution is -2.42. The largest absolute Gasteiger partial charge is 0.316 e. The van der Waals surface area contributed by atoms with Crippen molar-refractivity contribution in [2.75, 3.05) is 26.2 Å². The van der Waals surface area contributed by atoms with Crippen LogP contribution in [0.2, 0.25) is 0 Å². The lowest BCUT2D eigenvalue weighted by atomic mass is 9.82. The zero-order chi connectivity index (χ0) is 11.0. The molecule has 0 spiro atoms. The van der Waals surface area contributed by atoms with Gasteiger partial charge in [-0.1, -0.05) is 26.2 Å². The summed E-state index contributed by atoms with van der Waals surface area (Å²) in [5.41, 5.74) is 0. The van der Waals surface area contributed by atoms with E-state index in [1.54, 1.807) is 0 Å². The fourth-order valence-corrected chi connectivity index (χ4v) is 4.31. The zero-order valence-electron chi connectivity index (χ0n) is 10.6. The molecular formula is C14H26N2. The summed E-state index contributed by atoms with van der Waals surface area (Å²) in [6.07, 6.45) is 7.33. The number of hydrogen-bond acceptors (Lipinski definition) is 2. The molecule has 1 N–H and O–H groups in total. The van der Waals surface area contributed by atoms with E-state index in [1.807, 2.05) is 0 Å². The van der Waals surface area contributed by atoms with Crippen molar-refractivity contribution >= 4 is 0 Å². The zero-order valence-corrected chi connectivity index (χ0v) is 10.6. The second-order valence-electron chi connectivity index (χ2n) is 6.15. The molecular weight excluding hydrogens is 196 g/mol. The number of likely N-dealkylation sites (tertiary alicyclic amines) is 1. The Morgan fingerprint density at radius 2 is 1.75 bits per heavy atom. The van der Waals surface area contributed by atoms with Crippen LogP contribution in [0.4, 0.5) is 0 Å². The van der Waals surface area contributed by atoms with Crippen LogP contribution in [-0.2, 0) is 0 Å². The molecule has 0 amide bonds. The van der Waals surface area contributed by atoms with Gasteiger partial charge in [-0.25, -0.2) is 0 Å². The van der Waals surface area contributed by atoms with Crippen molar-refractivity contribution in [1.29, 1.82) is 0 Å². The Labute approximate surface area is 99.8 Å². The van der Waals surface area contributed by atoms with Crippen LogP contribution in [0.5, 0.6) is 0 Å². The second kappa shape index (κ2) is 4.66. The van der Waals surface area contributed by atoms with E-state index in [2.05, 4.69) is 17.1 Å². The van der Waals surface area contributed by atoms with E-state index in [4.69, 9.17) is 0 Å². The first-order chi connectivity index (χ1) is 7.88. The lowest BCUT2D eigenvalue weighted by molar-refractivity contribution is 0.117. The summed E-state index contributed by atoms with van der Waals surface area (Å²) >= 11 is 0. The molecule has 2 nitrogen and oxygen atoms in total. The lowest BCUT2D eigenvalue weighted by Gasteiger charge is -2.38. The first kappa shape index (κ1) is 11.0. The predicted octanol–water partition coefficient (Wildman–Crippen LogP) is 2.11. The minimum Gasteiger partial charge on any atom is -0.316 e. The Morgan fingerprint density at radius 1 is 1.06 bits per heavy atom. The van der Waals surface area contributed by atoms with Gasteiger partial charge in [0.05, 0.1) is 0 Å². The molecule has 0 bridgehead atoms. The topological polar surface area (TPSA) is 15.3 Å². The molecule has 4 atom stereocenters. The molecule has 3 rings (SSSR count). The highest BCUT2D eigenvalue weighted by Crippen LogP contribution is 2.36. The standard InChI is InChI=1S/C14H26N2/c1-2-11-5-3-4-6-14(11)16-9-12-7-15-8-13(12)10-16/h11-15H,2-10H2,1H3/t11?,12-,13+,14?. The second-order valence-corrected chi connectivity index (χ2v) is 6.15. The molecule has 2 heterocycles. The van der Waals surface area contributed by atoms with Gasteiger partial charge in [-0.05, 0) is 43.7 Å². The summed E-state index contributed by atoms with van der Waals surface area (Å²) in [5.74, 6) is 2.94. The monoisotopic (exact) mass is 222 g/mol. The van der Waals surface area contributed by atoms with Crippen molar-refractivity contribution in [3.05, 3.63) is 0 Å². The number of fused-ring (bicyclic) bond motifs is 1. The van der Waals surface area contributed by atoms with Crippen molar-refractivity contribution in [1.82, 2.24) is 10.2 Å². The third-order valence-electron chi connectivity index (χ3n) is 5.28. The number of rotatable bonds is 2. The van der Waals surface area contributed by atoms with Gasteiger partial charge in [-0.3, -0.25) is 4.90 Å². The summed E-state index contributed by atoms with van der Waals surface area (Å²) in [6.45, 7) is 7.73. The molecule has 0 aromatic carbocycles. The van der Waals surface area contributed by atoms with Crippen molar-refractivity contribution < 1.29 is 0 Å². The van der Waals surface area contributed by atoms with Crippen LogP contribution in [0.25, 0.3) is 0 Å². The third kappa shape index (κ3) is 1.91. The smallest absolute Gasteiger partial charge is 0.0124 e. The van der Waals surface area contributed by atoms with Crippen LogP contribution >= 0.6 is 0 Å². The fraction of sp³-hybridized carbons (Fsp3) is 1.00. The number of nitrogens with zero attached hydrogens (tertiary/aromatic N) is 1. The maximum Gasteiger partial charge on any atom is 0.0124 e. The van der Waals surface area contributed by atoms with E-state index >= 15 is 0 Å². The van der Waals surface area contributed by atoms with E-state index < -0.39 is 0 Å². The van der Waals surface area contributed by atoms with Crippen molar-refractivity contribution in [2.24, 2.45) is 17.8 Å². The SMILES string of the molecule is CCC1CCCCC1N1C[C@H]2CNC[C@H]2C1. The first-order valence-corrected chi connectivity index (χ1v) is 7.33. The van der Waals surface area contributed by atoms with Crippen LogP contribution in [0, 0.1) is 17.8 Å². The van der Waals surface area contributed by atoms with Crippen molar-refractivity contribution in [2.45, 2.75) is 45.1 Å². The molecule has 0 aromatic rings. The summed E-state index contributed by atoms with van der Waals surface area (Å²) in [4.78, 5) is 2.85. The highest BCUT2D eigenvalue weighted by Gasteiger charge is 2.40. The van der Waals surface area contributed by atoms with Crippen LogP contribution in [0.15, 0.2) is 0 Å². The van der Waals surface area contributed by atoms with Gasteiger partial charge in [0.15, 0.2) is 0 Å². The fourth-order valence-electron chi connectivity index (χ4n) is 4.31. The summed E-state index contributed by atoms with van der Waals surface area (Å²) < 4.78 is 0. The predicted molar refractivity (Wildman–Crippen MR) is 67.5 cm³/mol. The Bertz CT molecular complexity index is 229. The molecule has 16 heavy (non-hydrogen) atoms. The van der Waals surface area contributed by atoms with Gasteiger partial charge < -0.3 is 5.32 Å². The van der Waals surface area contributed by atoms with Gasteiger partial charge >= 0.3 is 0 Å². The molecule has 1 saturated carbocycles. The molecule has 2 unspecified atom stereocenters. The molecule has 2 saturated heterocycles. The average molecular weight is 222 g/mol. The van der Waals surface area contributed by atoms with Gasteiger partial charge in [0.2, 0.25) is 0 Å². The summed E-state index contributed by atoms with van der Waals surface area (Å²) in [6, 6.07) is 0.935. The molecule has 0 radical (unpaired) electrons. The normalized spacial score (nSPS) is 44.8. The quantitative estimate of drug-likeness (QED) is 0.770. The minimum absolute atomic E-state index is 0.935. The highest BCUT2D eigenvalue weighted by molar-refractivity contribution is 4.95. The van der Waals surface area contributed by atoms with Gasteiger partial charge in [-0.15, -0.1) is 0 Å². The molecule has 3 fully saturated rings. The van der Waals surface area contributed by atoms with Crippen LogP contribution < -0.4 is 5.32 Å². The average Bonchev–Trinajstić information content (AvgIpc) is 2.89. The van der Waals surface area contributed by atoms with Crippen LogP contribution in [-0.4, -0.2) is 37.1 Å². The molecule has 2 aliphatic heterocycles. The Morgan fingerprint density at radius 3 is 2.44 bits per heavy atom.